The molecule has 0 aliphatic carbocycles. The molecule has 0 radical (unpaired) electrons. The van der Waals surface area contributed by atoms with E-state index in [1.165, 1.54) is 28.2 Å². The van der Waals surface area contributed by atoms with Crippen LogP contribution in [0.5, 0.6) is 0 Å². The maximum atomic E-state index is 14.3. The third kappa shape index (κ3) is 8.37. The Hall–Kier alpha value is -4.66. The SMILES string of the molecule is CCn1c(-c2cccnc2[C@H](C)OC)c2c3cc(ccc31)-c1csc(n1)C[C@H](NC(=O)C(C(C)C)N(C)C(C)=O)C(=O)N1CCC[C@H](N1)C(=O)OCC(C)(C)C2. The molecule has 3 aromatic heterocycles. The van der Waals surface area contributed by atoms with E-state index in [0.717, 1.165) is 44.7 Å². The zero-order valence-corrected chi connectivity index (χ0v) is 34.8. The van der Waals surface area contributed by atoms with E-state index in [2.05, 4.69) is 60.3 Å². The topological polar surface area (TPSA) is 148 Å². The minimum absolute atomic E-state index is 0.122. The number of benzene rings is 1. The fourth-order valence-electron chi connectivity index (χ4n) is 7.94. The Kier molecular flexibility index (Phi) is 12.3. The first-order valence-electron chi connectivity index (χ1n) is 19.5. The molecule has 1 unspecified atom stereocenters. The fraction of sp³-hybridized carbons (Fsp3) is 0.524. The molecule has 6 rings (SSSR count). The quantitative estimate of drug-likeness (QED) is 0.215. The predicted molar refractivity (Wildman–Crippen MR) is 216 cm³/mol. The Morgan fingerprint density at radius 1 is 1.20 bits per heavy atom. The molecule has 4 aromatic rings. The number of amides is 3. The normalized spacial score (nSPS) is 20.0. The summed E-state index contributed by atoms with van der Waals surface area (Å²) in [5, 5.41) is 8.10. The number of hydrogen-bond donors (Lipinski definition) is 2. The number of thiazole rings is 1. The van der Waals surface area contributed by atoms with Crippen LogP contribution in [0.3, 0.4) is 0 Å². The van der Waals surface area contributed by atoms with Gasteiger partial charge >= 0.3 is 5.97 Å². The summed E-state index contributed by atoms with van der Waals surface area (Å²) < 4.78 is 14.2. The number of esters is 1. The van der Waals surface area contributed by atoms with E-state index in [1.807, 2.05) is 32.2 Å². The van der Waals surface area contributed by atoms with Crippen LogP contribution in [0.15, 0.2) is 41.9 Å². The molecule has 6 bridgehead atoms. The number of ether oxygens (including phenoxy) is 2. The van der Waals surface area contributed by atoms with Crippen molar-refractivity contribution in [1.29, 1.82) is 0 Å². The van der Waals surface area contributed by atoms with E-state index in [-0.39, 0.29) is 36.9 Å². The van der Waals surface area contributed by atoms with Crippen LogP contribution in [0.2, 0.25) is 0 Å². The molecule has 2 aliphatic heterocycles. The molecule has 1 aromatic carbocycles. The van der Waals surface area contributed by atoms with Crippen molar-refractivity contribution in [3.63, 3.8) is 0 Å². The van der Waals surface area contributed by atoms with Crippen LogP contribution in [0.4, 0.5) is 0 Å². The number of carbonyl (C=O) groups is 4. The molecule has 2 aliphatic rings. The first kappa shape index (κ1) is 41.0. The van der Waals surface area contributed by atoms with E-state index in [0.29, 0.717) is 37.4 Å². The Morgan fingerprint density at radius 2 is 1.96 bits per heavy atom. The summed E-state index contributed by atoms with van der Waals surface area (Å²) in [4.78, 5) is 65.4. The van der Waals surface area contributed by atoms with Gasteiger partial charge in [-0.15, -0.1) is 11.3 Å². The highest BCUT2D eigenvalue weighted by molar-refractivity contribution is 7.10. The molecule has 56 heavy (non-hydrogen) atoms. The summed E-state index contributed by atoms with van der Waals surface area (Å²) in [6.45, 7) is 14.7. The second kappa shape index (κ2) is 16.8. The highest BCUT2D eigenvalue weighted by Gasteiger charge is 2.37. The zero-order chi connectivity index (χ0) is 40.5. The second-order valence-electron chi connectivity index (χ2n) is 16.1. The van der Waals surface area contributed by atoms with Crippen molar-refractivity contribution in [3.8, 4) is 22.5 Å². The van der Waals surface area contributed by atoms with Gasteiger partial charge in [0.05, 0.1) is 34.8 Å². The number of aromatic nitrogens is 3. The molecular weight excluding hydrogens is 731 g/mol. The van der Waals surface area contributed by atoms with Gasteiger partial charge in [0.15, 0.2) is 0 Å². The number of hydrogen-bond acceptors (Lipinski definition) is 10. The van der Waals surface area contributed by atoms with Gasteiger partial charge in [0.1, 0.15) is 18.1 Å². The van der Waals surface area contributed by atoms with Crippen molar-refractivity contribution >= 4 is 45.9 Å². The van der Waals surface area contributed by atoms with Crippen molar-refractivity contribution in [2.75, 3.05) is 27.3 Å². The van der Waals surface area contributed by atoms with Gasteiger partial charge in [-0.25, -0.2) is 10.4 Å². The number of pyridine rings is 1. The molecule has 14 heteroatoms. The van der Waals surface area contributed by atoms with Gasteiger partial charge in [-0.05, 0) is 68.9 Å². The minimum atomic E-state index is -1.01. The number of likely N-dealkylation sites (N-methyl/N-ethyl adjacent to an activating group) is 1. The maximum absolute atomic E-state index is 14.3. The molecule has 300 valence electrons. The van der Waals surface area contributed by atoms with Crippen molar-refractivity contribution in [3.05, 3.63) is 58.2 Å². The maximum Gasteiger partial charge on any atom is 0.324 e. The van der Waals surface area contributed by atoms with E-state index in [4.69, 9.17) is 19.4 Å². The largest absolute Gasteiger partial charge is 0.464 e. The van der Waals surface area contributed by atoms with E-state index >= 15 is 0 Å². The van der Waals surface area contributed by atoms with Crippen LogP contribution in [0, 0.1) is 11.3 Å². The molecular formula is C42H55N7O6S. The van der Waals surface area contributed by atoms with Crippen LogP contribution >= 0.6 is 11.3 Å². The van der Waals surface area contributed by atoms with Crippen LogP contribution in [-0.4, -0.2) is 93.6 Å². The van der Waals surface area contributed by atoms with E-state index < -0.39 is 35.4 Å². The number of nitrogens with zero attached hydrogens (tertiary/aromatic N) is 5. The Morgan fingerprint density at radius 3 is 2.66 bits per heavy atom. The second-order valence-corrected chi connectivity index (χ2v) is 17.0. The lowest BCUT2D eigenvalue weighted by Gasteiger charge is -2.36. The summed E-state index contributed by atoms with van der Waals surface area (Å²) in [5.41, 5.74) is 9.37. The molecule has 1 fully saturated rings. The van der Waals surface area contributed by atoms with Crippen LogP contribution in [0.1, 0.15) is 83.7 Å². The van der Waals surface area contributed by atoms with Gasteiger partial charge in [-0.3, -0.25) is 29.2 Å². The fourth-order valence-corrected chi connectivity index (χ4v) is 8.79. The van der Waals surface area contributed by atoms with Gasteiger partial charge in [-0.1, -0.05) is 33.8 Å². The number of fused-ring (bicyclic) bond motifs is 6. The highest BCUT2D eigenvalue weighted by atomic mass is 32.1. The van der Waals surface area contributed by atoms with Gasteiger partial charge < -0.3 is 24.3 Å². The number of rotatable bonds is 8. The third-order valence-electron chi connectivity index (χ3n) is 11.0. The number of nitrogens with one attached hydrogen (secondary N) is 2. The first-order valence-corrected chi connectivity index (χ1v) is 20.4. The number of hydrazine groups is 1. The van der Waals surface area contributed by atoms with Crippen molar-refractivity contribution < 1.29 is 28.7 Å². The first-order chi connectivity index (χ1) is 26.6. The molecule has 1 saturated heterocycles. The molecule has 2 N–H and O–H groups in total. The zero-order valence-electron chi connectivity index (χ0n) is 34.0. The molecule has 13 nitrogen and oxygen atoms in total. The average Bonchev–Trinajstić information content (AvgIpc) is 3.77. The number of carbonyl (C=O) groups excluding carboxylic acids is 4. The monoisotopic (exact) mass is 785 g/mol. The lowest BCUT2D eigenvalue weighted by Crippen LogP contribution is -2.62. The molecule has 4 atom stereocenters. The van der Waals surface area contributed by atoms with Gasteiger partial charge in [0.25, 0.3) is 5.91 Å². The summed E-state index contributed by atoms with van der Waals surface area (Å²) >= 11 is 1.42. The lowest BCUT2D eigenvalue weighted by molar-refractivity contribution is -0.155. The van der Waals surface area contributed by atoms with Crippen LogP contribution in [-0.2, 0) is 48.0 Å². The minimum Gasteiger partial charge on any atom is -0.464 e. The Balaban J connectivity index is 1.48. The number of methoxy groups -OCH3 is 1. The summed E-state index contributed by atoms with van der Waals surface area (Å²) in [6, 6.07) is 7.88. The van der Waals surface area contributed by atoms with Gasteiger partial charge in [0.2, 0.25) is 11.8 Å². The molecule has 0 spiro atoms. The van der Waals surface area contributed by atoms with E-state index in [9.17, 15) is 19.2 Å². The van der Waals surface area contributed by atoms with E-state index in [1.54, 1.807) is 20.4 Å². The predicted octanol–water partition coefficient (Wildman–Crippen LogP) is 5.71. The molecule has 3 amide bonds. The summed E-state index contributed by atoms with van der Waals surface area (Å²) in [7, 11) is 3.27. The Bertz CT molecular complexity index is 2110. The summed E-state index contributed by atoms with van der Waals surface area (Å²) in [6.07, 6.45) is 3.33. The van der Waals surface area contributed by atoms with Crippen LogP contribution < -0.4 is 10.7 Å². The Labute approximate surface area is 333 Å². The van der Waals surface area contributed by atoms with Crippen molar-refractivity contribution in [1.82, 2.24) is 35.2 Å². The van der Waals surface area contributed by atoms with Crippen molar-refractivity contribution in [2.45, 2.75) is 105 Å². The summed E-state index contributed by atoms with van der Waals surface area (Å²) in [5.74, 6) is -1.73. The number of aryl methyl sites for hydroxylation is 1. The van der Waals surface area contributed by atoms with Gasteiger partial charge in [-0.2, -0.15) is 0 Å². The lowest BCUT2D eigenvalue weighted by atomic mass is 9.84. The van der Waals surface area contributed by atoms with Gasteiger partial charge in [0, 0.05) is 79.6 Å². The highest BCUT2D eigenvalue weighted by Crippen LogP contribution is 2.42. The third-order valence-corrected chi connectivity index (χ3v) is 11.8. The van der Waals surface area contributed by atoms with Crippen molar-refractivity contribution in [2.24, 2.45) is 11.3 Å². The molecule has 0 saturated carbocycles. The smallest absolute Gasteiger partial charge is 0.324 e. The average molecular weight is 786 g/mol. The molecule has 5 heterocycles. The standard InChI is InChI=1S/C42H55N7O6S/c1-10-48-34-16-15-27-19-29(34)30(38(48)28-13-11-17-43-36(28)25(4)54-9)21-42(6,7)23-55-41(53)31-14-12-18-49(46-31)40(52)32(20-35-44-33(27)22-56-35)45-39(51)37(24(2)3)47(8)26(5)50/h11,13,15-17,19,22,24-25,31-32,37,46H,10,12,14,18,20-21,23H2,1-9H3,(H,45,51)/t25-,31-,32-,37?/m0/s1. The number of cyclic esters (lactones) is 1. The van der Waals surface area contributed by atoms with Crippen LogP contribution in [0.25, 0.3) is 33.4 Å².